The number of fused-ring (bicyclic) bond motifs is 2. The largest absolute Gasteiger partial charge is 0.368 e. The summed E-state index contributed by atoms with van der Waals surface area (Å²) in [5.41, 5.74) is 1.85. The van der Waals surface area contributed by atoms with Crippen molar-refractivity contribution in [2.24, 2.45) is 18.9 Å². The number of piperidine rings is 1. The molecular formula is C21H20ClN7O2. The number of nitrogens with zero attached hydrogens (tertiary/aromatic N) is 7. The summed E-state index contributed by atoms with van der Waals surface area (Å²) >= 11 is 6.17. The van der Waals surface area contributed by atoms with Crippen LogP contribution in [0, 0.1) is 11.8 Å². The molecule has 1 aromatic carbocycles. The van der Waals surface area contributed by atoms with Crippen molar-refractivity contribution in [2.45, 2.75) is 25.4 Å². The Labute approximate surface area is 182 Å². The Bertz CT molecular complexity index is 1360. The predicted octanol–water partition coefficient (Wildman–Crippen LogP) is 2.45. The van der Waals surface area contributed by atoms with Gasteiger partial charge in [-0.15, -0.1) is 0 Å². The molecule has 0 amide bonds. The highest BCUT2D eigenvalue weighted by Crippen LogP contribution is 2.61. The summed E-state index contributed by atoms with van der Waals surface area (Å²) in [4.78, 5) is 28.1. The van der Waals surface area contributed by atoms with Gasteiger partial charge >= 0.3 is 0 Å². The molecule has 0 spiro atoms. The quantitative estimate of drug-likeness (QED) is 0.484. The van der Waals surface area contributed by atoms with Gasteiger partial charge in [0.15, 0.2) is 17.0 Å². The first-order chi connectivity index (χ1) is 15.0. The van der Waals surface area contributed by atoms with Crippen LogP contribution < -0.4 is 10.5 Å². The molecule has 3 aromatic heterocycles. The third kappa shape index (κ3) is 2.87. The van der Waals surface area contributed by atoms with E-state index in [1.54, 1.807) is 17.9 Å². The summed E-state index contributed by atoms with van der Waals surface area (Å²) in [6.45, 7) is 3.37. The maximum atomic E-state index is 12.7. The molecule has 4 atom stereocenters. The van der Waals surface area contributed by atoms with E-state index in [4.69, 9.17) is 16.1 Å². The lowest BCUT2D eigenvalue weighted by Gasteiger charge is -2.28. The van der Waals surface area contributed by atoms with Crippen LogP contribution in [0.1, 0.15) is 24.6 Å². The number of hydrogen-bond donors (Lipinski definition) is 0. The summed E-state index contributed by atoms with van der Waals surface area (Å²) in [6, 6.07) is 8.35. The third-order valence-electron chi connectivity index (χ3n) is 6.61. The second-order valence-electron chi connectivity index (χ2n) is 8.39. The molecule has 1 saturated carbocycles. The molecule has 158 valence electrons. The van der Waals surface area contributed by atoms with E-state index in [2.05, 4.69) is 38.0 Å². The van der Waals surface area contributed by atoms with E-state index in [1.165, 1.54) is 10.9 Å². The van der Waals surface area contributed by atoms with Gasteiger partial charge in [-0.1, -0.05) is 22.8 Å². The van der Waals surface area contributed by atoms with E-state index in [0.29, 0.717) is 34.9 Å². The summed E-state index contributed by atoms with van der Waals surface area (Å²) in [5, 5.41) is 4.97. The van der Waals surface area contributed by atoms with Crippen LogP contribution in [-0.4, -0.2) is 41.8 Å². The first-order valence-corrected chi connectivity index (χ1v) is 10.6. The molecule has 4 heterocycles. The van der Waals surface area contributed by atoms with Gasteiger partial charge in [-0.05, 0) is 37.0 Å². The van der Waals surface area contributed by atoms with Crippen molar-refractivity contribution in [3.8, 4) is 0 Å². The number of anilines is 1. The minimum Gasteiger partial charge on any atom is -0.368 e. The van der Waals surface area contributed by atoms with Crippen molar-refractivity contribution in [2.75, 3.05) is 11.4 Å². The van der Waals surface area contributed by atoms with Crippen molar-refractivity contribution in [1.29, 1.82) is 0 Å². The van der Waals surface area contributed by atoms with Crippen LogP contribution in [0.2, 0.25) is 5.02 Å². The van der Waals surface area contributed by atoms with Crippen LogP contribution in [0.15, 0.2) is 46.2 Å². The minimum atomic E-state index is -0.182. The van der Waals surface area contributed by atoms with Crippen molar-refractivity contribution in [1.82, 2.24) is 29.2 Å². The zero-order chi connectivity index (χ0) is 21.3. The van der Waals surface area contributed by atoms with E-state index < -0.39 is 0 Å². The lowest BCUT2D eigenvalue weighted by Crippen LogP contribution is -2.32. The molecule has 0 radical (unpaired) electrons. The summed E-state index contributed by atoms with van der Waals surface area (Å²) in [6.07, 6.45) is 3.05. The lowest BCUT2D eigenvalue weighted by molar-refractivity contribution is 0.363. The standard InChI is InChI=1S/C21H20ClN7O2/c1-11-16-14(7-29(11)13-5-3-4-12(22)6-13)17(16)19-25-15(31-26-19)8-28-10-24-20-18(21(28)30)27(2)9-23-20/h3-6,9-11,14,16-17H,7-8H2,1-2H3. The second-order valence-corrected chi connectivity index (χ2v) is 8.83. The van der Waals surface area contributed by atoms with Crippen molar-refractivity contribution in [3.63, 3.8) is 0 Å². The van der Waals surface area contributed by atoms with Gasteiger partial charge in [0.05, 0.1) is 6.33 Å². The van der Waals surface area contributed by atoms with Gasteiger partial charge in [0, 0.05) is 36.3 Å². The maximum Gasteiger partial charge on any atom is 0.280 e. The van der Waals surface area contributed by atoms with Crippen LogP contribution in [0.3, 0.4) is 0 Å². The van der Waals surface area contributed by atoms with E-state index in [1.807, 2.05) is 18.2 Å². The van der Waals surface area contributed by atoms with Crippen LogP contribution >= 0.6 is 11.6 Å². The number of hydrogen-bond acceptors (Lipinski definition) is 7. The molecule has 0 N–H and O–H groups in total. The Morgan fingerprint density at radius 3 is 2.87 bits per heavy atom. The monoisotopic (exact) mass is 437 g/mol. The number of rotatable bonds is 4. The average molecular weight is 438 g/mol. The summed E-state index contributed by atoms with van der Waals surface area (Å²) < 4.78 is 8.61. The third-order valence-corrected chi connectivity index (χ3v) is 6.85. The van der Waals surface area contributed by atoms with Crippen molar-refractivity contribution >= 4 is 28.5 Å². The van der Waals surface area contributed by atoms with E-state index in [9.17, 15) is 4.79 Å². The Morgan fingerprint density at radius 2 is 2.10 bits per heavy atom. The average Bonchev–Trinajstić information content (AvgIpc) is 3.04. The highest BCUT2D eigenvalue weighted by Gasteiger charge is 2.62. The molecule has 1 aliphatic heterocycles. The molecule has 9 nitrogen and oxygen atoms in total. The fraction of sp³-hybridized carbons (Fsp3) is 0.381. The highest BCUT2D eigenvalue weighted by molar-refractivity contribution is 6.30. The van der Waals surface area contributed by atoms with Crippen LogP contribution in [0.4, 0.5) is 5.69 Å². The lowest BCUT2D eigenvalue weighted by atomic mass is 10.1. The minimum absolute atomic E-state index is 0.182. The van der Waals surface area contributed by atoms with Gasteiger partial charge in [-0.25, -0.2) is 9.97 Å². The van der Waals surface area contributed by atoms with Gasteiger partial charge in [0.1, 0.15) is 12.9 Å². The number of aryl methyl sites for hydroxylation is 1. The number of aromatic nitrogens is 6. The molecule has 10 heteroatoms. The fourth-order valence-corrected chi connectivity index (χ4v) is 5.24. The molecular weight excluding hydrogens is 418 g/mol. The number of halogens is 1. The van der Waals surface area contributed by atoms with Crippen molar-refractivity contribution in [3.05, 3.63) is 64.0 Å². The molecule has 2 aliphatic rings. The number of imidazole rings is 1. The second kappa shape index (κ2) is 6.65. The van der Waals surface area contributed by atoms with E-state index in [-0.39, 0.29) is 18.0 Å². The van der Waals surface area contributed by atoms with Gasteiger partial charge < -0.3 is 14.0 Å². The zero-order valence-corrected chi connectivity index (χ0v) is 17.8. The Hall–Kier alpha value is -3.20. The highest BCUT2D eigenvalue weighted by atomic mass is 35.5. The van der Waals surface area contributed by atoms with E-state index in [0.717, 1.165) is 23.1 Å². The molecule has 6 rings (SSSR count). The topological polar surface area (TPSA) is 94.9 Å². The molecule has 4 unspecified atom stereocenters. The normalized spacial score (nSPS) is 24.7. The predicted molar refractivity (Wildman–Crippen MR) is 114 cm³/mol. The summed E-state index contributed by atoms with van der Waals surface area (Å²) in [7, 11) is 1.77. The molecule has 1 saturated heterocycles. The Morgan fingerprint density at radius 1 is 1.26 bits per heavy atom. The first kappa shape index (κ1) is 18.6. The number of benzene rings is 1. The molecule has 31 heavy (non-hydrogen) atoms. The Balaban J connectivity index is 1.19. The molecule has 2 fully saturated rings. The van der Waals surface area contributed by atoms with Crippen LogP contribution in [0.25, 0.3) is 11.2 Å². The molecule has 4 aromatic rings. The zero-order valence-electron chi connectivity index (χ0n) is 17.0. The van der Waals surface area contributed by atoms with Gasteiger partial charge in [-0.3, -0.25) is 9.36 Å². The molecule has 1 aliphatic carbocycles. The van der Waals surface area contributed by atoms with Gasteiger partial charge in [-0.2, -0.15) is 4.98 Å². The van der Waals surface area contributed by atoms with E-state index >= 15 is 0 Å². The Kier molecular flexibility index (Phi) is 3.98. The van der Waals surface area contributed by atoms with Crippen LogP contribution in [-0.2, 0) is 13.6 Å². The smallest absolute Gasteiger partial charge is 0.280 e. The molecule has 0 bridgehead atoms. The fourth-order valence-electron chi connectivity index (χ4n) is 5.05. The van der Waals surface area contributed by atoms with Gasteiger partial charge in [0.2, 0.25) is 5.89 Å². The SMILES string of the molecule is CC1C2C(CN1c1cccc(Cl)c1)C2c1noc(Cn2cnc3ncn(C)c3c2=O)n1. The van der Waals surface area contributed by atoms with Gasteiger partial charge in [0.25, 0.3) is 5.56 Å². The summed E-state index contributed by atoms with van der Waals surface area (Å²) in [5.74, 6) is 2.40. The first-order valence-electron chi connectivity index (χ1n) is 10.2. The van der Waals surface area contributed by atoms with Crippen molar-refractivity contribution < 1.29 is 4.52 Å². The maximum absolute atomic E-state index is 12.7. The van der Waals surface area contributed by atoms with Crippen LogP contribution in [0.5, 0.6) is 0 Å².